The first-order valence-corrected chi connectivity index (χ1v) is 7.99. The summed E-state index contributed by atoms with van der Waals surface area (Å²) >= 11 is 0. The van der Waals surface area contributed by atoms with Gasteiger partial charge in [0.2, 0.25) is 0 Å². The molecule has 1 rings (SSSR count). The van der Waals surface area contributed by atoms with E-state index >= 15 is 0 Å². The average Bonchev–Trinajstić information content (AvgIpc) is 2.35. The summed E-state index contributed by atoms with van der Waals surface area (Å²) in [7, 11) is 1.35. The highest BCUT2D eigenvalue weighted by atomic mass is 35.7. The molecule has 0 fully saturated rings. The van der Waals surface area contributed by atoms with Crippen molar-refractivity contribution < 1.29 is 22.7 Å². The number of hydrogen-bond acceptors (Lipinski definition) is 5. The lowest BCUT2D eigenvalue weighted by Crippen LogP contribution is -2.20. The molecule has 106 valence electrons. The largest absolute Gasteiger partial charge is 0.457 e. The van der Waals surface area contributed by atoms with Gasteiger partial charge in [-0.2, -0.15) is 0 Å². The van der Waals surface area contributed by atoms with E-state index in [4.69, 9.17) is 20.2 Å². The SMILES string of the molecule is CCOCC(C)OC(=O)c1cccc(S(=O)(=O)Cl)c1. The van der Waals surface area contributed by atoms with Gasteiger partial charge in [-0.15, -0.1) is 0 Å². The molecule has 19 heavy (non-hydrogen) atoms. The predicted molar refractivity (Wildman–Crippen MR) is 70.9 cm³/mol. The molecule has 0 N–H and O–H groups in total. The number of hydrogen-bond donors (Lipinski definition) is 0. The quantitative estimate of drug-likeness (QED) is 0.595. The van der Waals surface area contributed by atoms with Crippen molar-refractivity contribution in [3.05, 3.63) is 29.8 Å². The number of carbonyl (C=O) groups is 1. The van der Waals surface area contributed by atoms with Gasteiger partial charge in [0.15, 0.2) is 0 Å². The van der Waals surface area contributed by atoms with E-state index in [2.05, 4.69) is 0 Å². The summed E-state index contributed by atoms with van der Waals surface area (Å²) in [5.41, 5.74) is 0.130. The molecule has 1 unspecified atom stereocenters. The minimum Gasteiger partial charge on any atom is -0.457 e. The van der Waals surface area contributed by atoms with E-state index in [1.54, 1.807) is 6.92 Å². The van der Waals surface area contributed by atoms with Crippen molar-refractivity contribution >= 4 is 25.7 Å². The normalized spacial score (nSPS) is 13.0. The molecule has 0 amide bonds. The minimum atomic E-state index is -3.86. The molecule has 1 aromatic rings. The molecule has 0 heterocycles. The summed E-state index contributed by atoms with van der Waals surface area (Å²) in [6.45, 7) is 4.34. The Morgan fingerprint density at radius 2 is 2.11 bits per heavy atom. The van der Waals surface area contributed by atoms with Gasteiger partial charge in [-0.3, -0.25) is 0 Å². The van der Waals surface area contributed by atoms with Gasteiger partial charge in [-0.05, 0) is 32.0 Å². The maximum absolute atomic E-state index is 11.8. The Labute approximate surface area is 116 Å². The second kappa shape index (κ2) is 6.88. The lowest BCUT2D eigenvalue weighted by Gasteiger charge is -2.13. The summed E-state index contributed by atoms with van der Waals surface area (Å²) in [5.74, 6) is -0.616. The first kappa shape index (κ1) is 15.9. The summed E-state index contributed by atoms with van der Waals surface area (Å²) in [6.07, 6.45) is -0.413. The highest BCUT2D eigenvalue weighted by Crippen LogP contribution is 2.17. The molecular weight excluding hydrogens is 292 g/mol. The van der Waals surface area contributed by atoms with Crippen molar-refractivity contribution in [3.63, 3.8) is 0 Å². The maximum Gasteiger partial charge on any atom is 0.338 e. The molecule has 7 heteroatoms. The molecule has 0 aromatic heterocycles. The van der Waals surface area contributed by atoms with Gasteiger partial charge in [0.25, 0.3) is 9.05 Å². The van der Waals surface area contributed by atoms with E-state index in [1.165, 1.54) is 24.3 Å². The van der Waals surface area contributed by atoms with Crippen LogP contribution in [0.15, 0.2) is 29.2 Å². The Kier molecular flexibility index (Phi) is 5.78. The number of benzene rings is 1. The van der Waals surface area contributed by atoms with Crippen LogP contribution in [0.5, 0.6) is 0 Å². The maximum atomic E-state index is 11.8. The molecule has 0 saturated heterocycles. The lowest BCUT2D eigenvalue weighted by molar-refractivity contribution is 0.00437. The monoisotopic (exact) mass is 306 g/mol. The van der Waals surface area contributed by atoms with Crippen LogP contribution in [-0.2, 0) is 18.5 Å². The Morgan fingerprint density at radius 3 is 2.68 bits per heavy atom. The number of rotatable bonds is 6. The van der Waals surface area contributed by atoms with Crippen LogP contribution in [0.25, 0.3) is 0 Å². The first-order chi connectivity index (χ1) is 8.84. The highest BCUT2D eigenvalue weighted by Gasteiger charge is 2.16. The minimum absolute atomic E-state index is 0.130. The summed E-state index contributed by atoms with van der Waals surface area (Å²) in [5, 5.41) is 0. The van der Waals surface area contributed by atoms with E-state index in [9.17, 15) is 13.2 Å². The third-order valence-corrected chi connectivity index (χ3v) is 3.57. The van der Waals surface area contributed by atoms with Crippen LogP contribution in [0.4, 0.5) is 0 Å². The second-order valence-corrected chi connectivity index (χ2v) is 6.41. The molecular formula is C12H15ClO5S. The van der Waals surface area contributed by atoms with E-state index in [-0.39, 0.29) is 17.1 Å². The van der Waals surface area contributed by atoms with Crippen molar-refractivity contribution in [1.29, 1.82) is 0 Å². The van der Waals surface area contributed by atoms with E-state index in [0.717, 1.165) is 0 Å². The first-order valence-electron chi connectivity index (χ1n) is 5.68. The molecule has 5 nitrogen and oxygen atoms in total. The molecule has 0 aliphatic carbocycles. The Hall–Kier alpha value is -1.11. The van der Waals surface area contributed by atoms with E-state index in [1.807, 2.05) is 6.92 Å². The summed E-state index contributed by atoms with van der Waals surface area (Å²) < 4.78 is 32.5. The van der Waals surface area contributed by atoms with Gasteiger partial charge in [-0.25, -0.2) is 13.2 Å². The van der Waals surface area contributed by atoms with Crippen molar-refractivity contribution in [2.24, 2.45) is 0 Å². The van der Waals surface area contributed by atoms with E-state index < -0.39 is 21.1 Å². The zero-order valence-electron chi connectivity index (χ0n) is 10.6. The standard InChI is InChI=1S/C12H15ClO5S/c1-3-17-8-9(2)18-12(14)10-5-4-6-11(7-10)19(13,15)16/h4-7,9H,3,8H2,1-2H3. The number of ether oxygens (including phenoxy) is 2. The molecule has 1 atom stereocenters. The van der Waals surface area contributed by atoms with Gasteiger partial charge < -0.3 is 9.47 Å². The molecule has 0 bridgehead atoms. The molecule has 0 spiro atoms. The fourth-order valence-corrected chi connectivity index (χ4v) is 2.14. The highest BCUT2D eigenvalue weighted by molar-refractivity contribution is 8.13. The summed E-state index contributed by atoms with van der Waals surface area (Å²) in [6, 6.07) is 5.38. The lowest BCUT2D eigenvalue weighted by atomic mass is 10.2. The fraction of sp³-hybridized carbons (Fsp3) is 0.417. The third kappa shape index (κ3) is 5.18. The van der Waals surface area contributed by atoms with Crippen LogP contribution >= 0.6 is 10.7 Å². The molecule has 0 aliphatic rings. The van der Waals surface area contributed by atoms with Crippen LogP contribution in [-0.4, -0.2) is 33.7 Å². The second-order valence-electron chi connectivity index (χ2n) is 3.84. The van der Waals surface area contributed by atoms with Crippen molar-refractivity contribution in [1.82, 2.24) is 0 Å². The fourth-order valence-electron chi connectivity index (χ4n) is 1.34. The number of carbonyl (C=O) groups excluding carboxylic acids is 1. The Morgan fingerprint density at radius 1 is 1.42 bits per heavy atom. The Balaban J connectivity index is 2.78. The third-order valence-electron chi connectivity index (χ3n) is 2.22. The van der Waals surface area contributed by atoms with Gasteiger partial charge in [0.1, 0.15) is 6.10 Å². The van der Waals surface area contributed by atoms with Crippen LogP contribution in [0.3, 0.4) is 0 Å². The summed E-state index contributed by atoms with van der Waals surface area (Å²) in [4.78, 5) is 11.6. The average molecular weight is 307 g/mol. The van der Waals surface area contributed by atoms with Crippen molar-refractivity contribution in [3.8, 4) is 0 Å². The molecule has 1 aromatic carbocycles. The van der Waals surface area contributed by atoms with Crippen LogP contribution in [0.2, 0.25) is 0 Å². The van der Waals surface area contributed by atoms with Crippen LogP contribution in [0.1, 0.15) is 24.2 Å². The van der Waals surface area contributed by atoms with Gasteiger partial charge in [0, 0.05) is 17.3 Å². The molecule has 0 aliphatic heterocycles. The van der Waals surface area contributed by atoms with Crippen molar-refractivity contribution in [2.45, 2.75) is 24.8 Å². The number of halogens is 1. The van der Waals surface area contributed by atoms with Gasteiger partial charge in [-0.1, -0.05) is 6.07 Å². The Bertz CT molecular complexity index is 541. The zero-order chi connectivity index (χ0) is 14.5. The smallest absolute Gasteiger partial charge is 0.338 e. The van der Waals surface area contributed by atoms with E-state index in [0.29, 0.717) is 6.61 Å². The number of esters is 1. The molecule has 0 saturated carbocycles. The zero-order valence-corrected chi connectivity index (χ0v) is 12.2. The van der Waals surface area contributed by atoms with Gasteiger partial charge >= 0.3 is 5.97 Å². The predicted octanol–water partition coefficient (Wildman–Crippen LogP) is 2.20. The van der Waals surface area contributed by atoms with Crippen LogP contribution in [0, 0.1) is 0 Å². The van der Waals surface area contributed by atoms with Gasteiger partial charge in [0.05, 0.1) is 17.1 Å². The van der Waals surface area contributed by atoms with Crippen molar-refractivity contribution in [2.75, 3.05) is 13.2 Å². The molecule has 0 radical (unpaired) electrons. The van der Waals surface area contributed by atoms with Crippen LogP contribution < -0.4 is 0 Å². The topological polar surface area (TPSA) is 69.7 Å².